The predicted molar refractivity (Wildman–Crippen MR) is 53.8 cm³/mol. The second-order valence-electron chi connectivity index (χ2n) is 4.80. The maximum atomic E-state index is 11.8. The van der Waals surface area contributed by atoms with E-state index in [1.807, 2.05) is 0 Å². The van der Waals surface area contributed by atoms with Gasteiger partial charge in [-0.1, -0.05) is 11.6 Å². The number of amides is 1. The minimum Gasteiger partial charge on any atom is -0.365 e. The van der Waals surface area contributed by atoms with Gasteiger partial charge in [-0.2, -0.15) is 0 Å². The van der Waals surface area contributed by atoms with Crippen molar-refractivity contribution in [2.45, 2.75) is 32.0 Å². The Balaban J connectivity index is 2.20. The Hall–Kier alpha value is -0.830. The molecule has 14 heavy (non-hydrogen) atoms. The van der Waals surface area contributed by atoms with E-state index in [0.717, 1.165) is 6.42 Å². The molecule has 3 atom stereocenters. The molecule has 78 valence electrons. The molecule has 2 aliphatic rings. The van der Waals surface area contributed by atoms with Gasteiger partial charge in [0.05, 0.1) is 11.5 Å². The smallest absolute Gasteiger partial charge is 0.231 e. The Labute approximate surface area is 84.7 Å². The normalized spacial score (nSPS) is 39.9. The molecule has 0 aromatic rings. The van der Waals surface area contributed by atoms with E-state index in [-0.39, 0.29) is 23.5 Å². The van der Waals surface area contributed by atoms with Gasteiger partial charge in [0.1, 0.15) is 6.10 Å². The van der Waals surface area contributed by atoms with Gasteiger partial charge in [-0.15, -0.1) is 0 Å². The minimum atomic E-state index is -0.0660. The first-order chi connectivity index (χ1) is 6.44. The fraction of sp³-hybridized carbons (Fsp3) is 0.727. The quantitative estimate of drug-likeness (QED) is 0.465. The van der Waals surface area contributed by atoms with Crippen molar-refractivity contribution in [2.75, 3.05) is 14.1 Å². The maximum absolute atomic E-state index is 11.8. The Morgan fingerprint density at radius 3 is 2.86 bits per heavy atom. The molecule has 3 nitrogen and oxygen atoms in total. The van der Waals surface area contributed by atoms with Crippen LogP contribution >= 0.6 is 0 Å². The van der Waals surface area contributed by atoms with E-state index >= 15 is 0 Å². The van der Waals surface area contributed by atoms with Crippen LogP contribution in [0.2, 0.25) is 0 Å². The third kappa shape index (κ3) is 1.36. The highest BCUT2D eigenvalue weighted by molar-refractivity contribution is 5.82. The molecule has 0 N–H and O–H groups in total. The molecule has 0 aromatic heterocycles. The summed E-state index contributed by atoms with van der Waals surface area (Å²) in [5.41, 5.74) is 1.20. The summed E-state index contributed by atoms with van der Waals surface area (Å²) in [6, 6.07) is 0. The van der Waals surface area contributed by atoms with Crippen LogP contribution in [0.5, 0.6) is 0 Å². The summed E-state index contributed by atoms with van der Waals surface area (Å²) in [6.07, 6.45) is 3.14. The third-order valence-corrected chi connectivity index (χ3v) is 3.09. The van der Waals surface area contributed by atoms with Crippen LogP contribution in [0.15, 0.2) is 11.6 Å². The van der Waals surface area contributed by atoms with Crippen LogP contribution < -0.4 is 0 Å². The number of fused-ring (bicyclic) bond motifs is 1. The average molecular weight is 195 g/mol. The predicted octanol–water partition coefficient (Wildman–Crippen LogP) is 1.20. The zero-order valence-corrected chi connectivity index (χ0v) is 9.20. The number of carbonyl (C=O) groups excluding carboxylic acids is 1. The van der Waals surface area contributed by atoms with Gasteiger partial charge in [0.15, 0.2) is 0 Å². The van der Waals surface area contributed by atoms with E-state index in [0.29, 0.717) is 0 Å². The van der Waals surface area contributed by atoms with Gasteiger partial charge in [-0.05, 0) is 20.3 Å². The number of carbonyl (C=O) groups is 1. The van der Waals surface area contributed by atoms with Crippen molar-refractivity contribution >= 4 is 5.91 Å². The zero-order chi connectivity index (χ0) is 10.5. The Morgan fingerprint density at radius 2 is 2.29 bits per heavy atom. The summed E-state index contributed by atoms with van der Waals surface area (Å²) in [4.78, 5) is 13.5. The van der Waals surface area contributed by atoms with E-state index in [1.165, 1.54) is 5.57 Å². The van der Waals surface area contributed by atoms with Crippen LogP contribution in [0, 0.1) is 5.92 Å². The summed E-state index contributed by atoms with van der Waals surface area (Å²) >= 11 is 0. The molecule has 1 saturated heterocycles. The van der Waals surface area contributed by atoms with E-state index in [2.05, 4.69) is 19.9 Å². The molecular formula is C11H17NO2. The second kappa shape index (κ2) is 2.83. The lowest BCUT2D eigenvalue weighted by atomic mass is 9.83. The van der Waals surface area contributed by atoms with Crippen molar-refractivity contribution < 1.29 is 9.53 Å². The lowest BCUT2D eigenvalue weighted by Crippen LogP contribution is -2.35. The van der Waals surface area contributed by atoms with Crippen molar-refractivity contribution in [3.63, 3.8) is 0 Å². The monoisotopic (exact) mass is 195 g/mol. The highest BCUT2D eigenvalue weighted by atomic mass is 16.6. The van der Waals surface area contributed by atoms with E-state index < -0.39 is 0 Å². The minimum absolute atomic E-state index is 0.0603. The molecule has 0 bridgehead atoms. The van der Waals surface area contributed by atoms with E-state index in [4.69, 9.17) is 4.74 Å². The topological polar surface area (TPSA) is 32.8 Å². The number of ether oxygens (including phenoxy) is 1. The lowest BCUT2D eigenvalue weighted by Gasteiger charge is -2.22. The van der Waals surface area contributed by atoms with E-state index in [1.54, 1.807) is 19.0 Å². The SMILES string of the molecule is CC1=C[C@H](C(=O)N(C)C)[C@H]2O[C@@]2(C)C1. The van der Waals surface area contributed by atoms with Crippen molar-refractivity contribution in [2.24, 2.45) is 5.92 Å². The summed E-state index contributed by atoms with van der Waals surface area (Å²) in [6.45, 7) is 4.16. The van der Waals surface area contributed by atoms with Gasteiger partial charge < -0.3 is 9.64 Å². The van der Waals surface area contributed by atoms with Crippen LogP contribution in [0.1, 0.15) is 20.3 Å². The molecule has 0 saturated carbocycles. The largest absolute Gasteiger partial charge is 0.365 e. The number of nitrogens with zero attached hydrogens (tertiary/aromatic N) is 1. The summed E-state index contributed by atoms with van der Waals surface area (Å²) < 4.78 is 5.62. The standard InChI is InChI=1S/C11H17NO2/c1-7-5-8(10(13)12(3)4)9-11(2,6-7)14-9/h5,8-9H,6H2,1-4H3/t8-,9+,11-/m0/s1. The van der Waals surface area contributed by atoms with Gasteiger partial charge in [0.25, 0.3) is 0 Å². The van der Waals surface area contributed by atoms with Crippen LogP contribution in [0.4, 0.5) is 0 Å². The number of rotatable bonds is 1. The molecule has 1 fully saturated rings. The van der Waals surface area contributed by atoms with Gasteiger partial charge in [0.2, 0.25) is 5.91 Å². The van der Waals surface area contributed by atoms with Gasteiger partial charge >= 0.3 is 0 Å². The van der Waals surface area contributed by atoms with Crippen LogP contribution in [-0.2, 0) is 9.53 Å². The van der Waals surface area contributed by atoms with Gasteiger partial charge in [-0.3, -0.25) is 4.79 Å². The molecular weight excluding hydrogens is 178 g/mol. The number of hydrogen-bond donors (Lipinski definition) is 0. The maximum Gasteiger partial charge on any atom is 0.231 e. The molecule has 0 spiro atoms. The first-order valence-corrected chi connectivity index (χ1v) is 5.00. The summed E-state index contributed by atoms with van der Waals surface area (Å²) in [7, 11) is 3.58. The van der Waals surface area contributed by atoms with Crippen LogP contribution in [0.3, 0.4) is 0 Å². The van der Waals surface area contributed by atoms with Gasteiger partial charge in [0, 0.05) is 14.1 Å². The zero-order valence-electron chi connectivity index (χ0n) is 9.20. The second-order valence-corrected chi connectivity index (χ2v) is 4.80. The highest BCUT2D eigenvalue weighted by Crippen LogP contribution is 2.49. The number of hydrogen-bond acceptors (Lipinski definition) is 2. The molecule has 2 rings (SSSR count). The van der Waals surface area contributed by atoms with Gasteiger partial charge in [-0.25, -0.2) is 0 Å². The molecule has 1 amide bonds. The first kappa shape index (κ1) is 9.71. The van der Waals surface area contributed by atoms with Crippen LogP contribution in [0.25, 0.3) is 0 Å². The Morgan fingerprint density at radius 1 is 1.64 bits per heavy atom. The van der Waals surface area contributed by atoms with Crippen molar-refractivity contribution in [1.29, 1.82) is 0 Å². The van der Waals surface area contributed by atoms with Crippen molar-refractivity contribution in [3.8, 4) is 0 Å². The summed E-state index contributed by atoms with van der Waals surface area (Å²) in [5, 5.41) is 0. The highest BCUT2D eigenvalue weighted by Gasteiger charge is 2.59. The fourth-order valence-corrected chi connectivity index (χ4v) is 2.36. The molecule has 1 aliphatic carbocycles. The molecule has 0 radical (unpaired) electrons. The molecule has 0 aromatic carbocycles. The van der Waals surface area contributed by atoms with Crippen LogP contribution in [-0.4, -0.2) is 36.6 Å². The molecule has 0 unspecified atom stereocenters. The fourth-order valence-electron chi connectivity index (χ4n) is 2.36. The lowest BCUT2D eigenvalue weighted by molar-refractivity contribution is -0.132. The summed E-state index contributed by atoms with van der Waals surface area (Å²) in [5.74, 6) is 0.0847. The average Bonchev–Trinajstić information content (AvgIpc) is 2.73. The number of epoxide rings is 1. The third-order valence-electron chi connectivity index (χ3n) is 3.09. The molecule has 1 aliphatic heterocycles. The Bertz CT molecular complexity index is 308. The molecule has 3 heteroatoms. The Kier molecular flexibility index (Phi) is 1.96. The van der Waals surface area contributed by atoms with Crippen molar-refractivity contribution in [1.82, 2.24) is 4.90 Å². The molecule has 1 heterocycles. The van der Waals surface area contributed by atoms with E-state index in [9.17, 15) is 4.79 Å². The first-order valence-electron chi connectivity index (χ1n) is 5.00. The van der Waals surface area contributed by atoms with Crippen molar-refractivity contribution in [3.05, 3.63) is 11.6 Å².